The summed E-state index contributed by atoms with van der Waals surface area (Å²) in [6, 6.07) is 5.23. The van der Waals surface area contributed by atoms with E-state index in [4.69, 9.17) is 0 Å². The molecule has 0 spiro atoms. The molecule has 2 unspecified atom stereocenters. The lowest BCUT2D eigenvalue weighted by molar-refractivity contribution is 0.562. The molecule has 15 heavy (non-hydrogen) atoms. The van der Waals surface area contributed by atoms with Crippen molar-refractivity contribution in [2.45, 2.75) is 43.4 Å². The molecule has 1 aromatic carbocycles. The van der Waals surface area contributed by atoms with Crippen molar-refractivity contribution in [3.63, 3.8) is 0 Å². The highest BCUT2D eigenvalue weighted by molar-refractivity contribution is 8.00. The normalized spacial score (nSPS) is 24.3. The second kappa shape index (κ2) is 4.18. The number of aryl methyl sites for hydroxylation is 2. The van der Waals surface area contributed by atoms with E-state index in [1.165, 1.54) is 28.0 Å². The number of benzene rings is 1. The predicted octanol–water partition coefficient (Wildman–Crippen LogP) is 3.45. The fraction of sp³-hybridized carbons (Fsp3) is 0.538. The monoisotopic (exact) mass is 221 g/mol. The molecule has 0 aliphatic carbocycles. The van der Waals surface area contributed by atoms with Crippen LogP contribution < -0.4 is 5.32 Å². The van der Waals surface area contributed by atoms with E-state index >= 15 is 0 Å². The Bertz CT molecular complexity index is 373. The fourth-order valence-corrected chi connectivity index (χ4v) is 3.73. The lowest BCUT2D eigenvalue weighted by atomic mass is 9.98. The van der Waals surface area contributed by atoms with Gasteiger partial charge >= 0.3 is 0 Å². The van der Waals surface area contributed by atoms with Gasteiger partial charge in [0.25, 0.3) is 0 Å². The maximum absolute atomic E-state index is 3.45. The maximum Gasteiger partial charge on any atom is 0.0452 e. The zero-order chi connectivity index (χ0) is 11.0. The van der Waals surface area contributed by atoms with E-state index in [0.717, 1.165) is 0 Å². The molecule has 0 aromatic heterocycles. The smallest absolute Gasteiger partial charge is 0.0452 e. The third-order valence-electron chi connectivity index (χ3n) is 3.32. The molecule has 82 valence electrons. The first-order chi connectivity index (χ1) is 7.17. The topological polar surface area (TPSA) is 12.0 Å². The third-order valence-corrected chi connectivity index (χ3v) is 4.84. The summed E-state index contributed by atoms with van der Waals surface area (Å²) >= 11 is 2.03. The molecule has 1 aromatic rings. The first-order valence-electron chi connectivity index (χ1n) is 5.62. The summed E-state index contributed by atoms with van der Waals surface area (Å²) in [6.07, 6.45) is 1.23. The van der Waals surface area contributed by atoms with Gasteiger partial charge in [0.05, 0.1) is 0 Å². The van der Waals surface area contributed by atoms with E-state index in [0.29, 0.717) is 11.3 Å². The Balaban J connectivity index is 2.44. The Kier molecular flexibility index (Phi) is 3.08. The molecule has 0 saturated heterocycles. The van der Waals surface area contributed by atoms with Crippen molar-refractivity contribution in [3.05, 3.63) is 28.8 Å². The highest BCUT2D eigenvalue weighted by Crippen LogP contribution is 2.46. The van der Waals surface area contributed by atoms with E-state index in [-0.39, 0.29) is 0 Å². The van der Waals surface area contributed by atoms with Crippen molar-refractivity contribution in [3.8, 4) is 0 Å². The Morgan fingerprint density at radius 3 is 2.53 bits per heavy atom. The van der Waals surface area contributed by atoms with Crippen LogP contribution in [0.2, 0.25) is 0 Å². The third kappa shape index (κ3) is 1.81. The number of rotatable bonds is 2. The van der Waals surface area contributed by atoms with Crippen LogP contribution in [0.1, 0.15) is 36.1 Å². The van der Waals surface area contributed by atoms with Crippen molar-refractivity contribution in [1.29, 1.82) is 0 Å². The second-order valence-electron chi connectivity index (χ2n) is 4.31. The van der Waals surface area contributed by atoms with Crippen LogP contribution in [0.5, 0.6) is 0 Å². The fourth-order valence-electron chi connectivity index (χ4n) is 2.25. The molecular weight excluding hydrogens is 202 g/mol. The van der Waals surface area contributed by atoms with Crippen molar-refractivity contribution in [2.24, 2.45) is 0 Å². The molecular formula is C13H19NS. The van der Waals surface area contributed by atoms with Gasteiger partial charge in [-0.1, -0.05) is 13.0 Å². The second-order valence-corrected chi connectivity index (χ2v) is 5.59. The first-order valence-corrected chi connectivity index (χ1v) is 6.50. The van der Waals surface area contributed by atoms with E-state index in [1.54, 1.807) is 0 Å². The minimum absolute atomic E-state index is 0.536. The average Bonchev–Trinajstić information content (AvgIpc) is 2.56. The lowest BCUT2D eigenvalue weighted by Gasteiger charge is -2.17. The van der Waals surface area contributed by atoms with Crippen LogP contribution in [0.4, 0.5) is 0 Å². The maximum atomic E-state index is 3.45. The Morgan fingerprint density at radius 1 is 1.27 bits per heavy atom. The van der Waals surface area contributed by atoms with Crippen molar-refractivity contribution >= 4 is 11.8 Å². The molecule has 1 nitrogen and oxygen atoms in total. The first kappa shape index (κ1) is 11.0. The summed E-state index contributed by atoms with van der Waals surface area (Å²) in [7, 11) is 2.07. The number of nitrogens with one attached hydrogen (secondary N) is 1. The molecule has 2 atom stereocenters. The summed E-state index contributed by atoms with van der Waals surface area (Å²) < 4.78 is 0. The minimum atomic E-state index is 0.536. The molecule has 2 rings (SSSR count). The van der Waals surface area contributed by atoms with E-state index in [9.17, 15) is 0 Å². The van der Waals surface area contributed by atoms with E-state index in [1.807, 2.05) is 11.8 Å². The number of hydrogen-bond acceptors (Lipinski definition) is 2. The SMILES string of the molecule is CCC1Sc2cc(C)c(C)cc2C1NC. The number of hydrogen-bond donors (Lipinski definition) is 1. The lowest BCUT2D eigenvalue weighted by Crippen LogP contribution is -2.23. The van der Waals surface area contributed by atoms with Gasteiger partial charge in [-0.15, -0.1) is 11.8 Å². The number of fused-ring (bicyclic) bond motifs is 1. The van der Waals surface area contributed by atoms with Gasteiger partial charge in [0.2, 0.25) is 0 Å². The van der Waals surface area contributed by atoms with E-state index in [2.05, 4.69) is 45.3 Å². The minimum Gasteiger partial charge on any atom is -0.312 e. The van der Waals surface area contributed by atoms with Crippen molar-refractivity contribution in [2.75, 3.05) is 7.05 Å². The van der Waals surface area contributed by atoms with Crippen molar-refractivity contribution in [1.82, 2.24) is 5.32 Å². The van der Waals surface area contributed by atoms with Crippen LogP contribution in [0.25, 0.3) is 0 Å². The molecule has 0 bridgehead atoms. The summed E-state index contributed by atoms with van der Waals surface area (Å²) in [5.41, 5.74) is 4.32. The van der Waals surface area contributed by atoms with Gasteiger partial charge in [0.1, 0.15) is 0 Å². The highest BCUT2D eigenvalue weighted by Gasteiger charge is 2.31. The highest BCUT2D eigenvalue weighted by atomic mass is 32.2. The molecule has 2 heteroatoms. The van der Waals surface area contributed by atoms with Gasteiger partial charge in [-0.2, -0.15) is 0 Å². The standard InChI is InChI=1S/C13H19NS/c1-5-11-13(14-4)10-6-8(2)9(3)7-12(10)15-11/h6-7,11,13-14H,5H2,1-4H3. The Hall–Kier alpha value is -0.470. The van der Waals surface area contributed by atoms with Gasteiger partial charge in [0, 0.05) is 16.2 Å². The Labute approximate surface area is 96.7 Å². The molecule has 1 heterocycles. The van der Waals surface area contributed by atoms with Gasteiger partial charge in [-0.25, -0.2) is 0 Å². The van der Waals surface area contributed by atoms with Crippen LogP contribution in [0.3, 0.4) is 0 Å². The number of thioether (sulfide) groups is 1. The average molecular weight is 221 g/mol. The summed E-state index contributed by atoms with van der Waals surface area (Å²) in [5, 5.41) is 4.15. The molecule has 0 fully saturated rings. The molecule has 0 radical (unpaired) electrons. The van der Waals surface area contributed by atoms with Gasteiger partial charge < -0.3 is 5.32 Å². The van der Waals surface area contributed by atoms with Gasteiger partial charge in [-0.05, 0) is 50.1 Å². The van der Waals surface area contributed by atoms with Crippen LogP contribution >= 0.6 is 11.8 Å². The molecule has 1 N–H and O–H groups in total. The van der Waals surface area contributed by atoms with Gasteiger partial charge in [-0.3, -0.25) is 0 Å². The van der Waals surface area contributed by atoms with Crippen LogP contribution in [0, 0.1) is 13.8 Å². The Morgan fingerprint density at radius 2 is 1.93 bits per heavy atom. The summed E-state index contributed by atoms with van der Waals surface area (Å²) in [5.74, 6) is 0. The van der Waals surface area contributed by atoms with Gasteiger partial charge in [0.15, 0.2) is 0 Å². The van der Waals surface area contributed by atoms with Crippen molar-refractivity contribution < 1.29 is 0 Å². The zero-order valence-corrected chi connectivity index (χ0v) is 10.7. The summed E-state index contributed by atoms with van der Waals surface area (Å²) in [4.78, 5) is 1.48. The van der Waals surface area contributed by atoms with Crippen LogP contribution in [-0.2, 0) is 0 Å². The zero-order valence-electron chi connectivity index (χ0n) is 9.92. The summed E-state index contributed by atoms with van der Waals surface area (Å²) in [6.45, 7) is 6.67. The molecule has 1 aliphatic heterocycles. The molecule has 1 aliphatic rings. The van der Waals surface area contributed by atoms with E-state index < -0.39 is 0 Å². The van der Waals surface area contributed by atoms with Crippen LogP contribution in [0.15, 0.2) is 17.0 Å². The largest absolute Gasteiger partial charge is 0.312 e. The molecule has 0 amide bonds. The predicted molar refractivity (Wildman–Crippen MR) is 67.7 cm³/mol. The van der Waals surface area contributed by atoms with Crippen LogP contribution in [-0.4, -0.2) is 12.3 Å². The quantitative estimate of drug-likeness (QED) is 0.821. The molecule has 0 saturated carbocycles.